The van der Waals surface area contributed by atoms with Gasteiger partial charge >= 0.3 is 6.18 Å². The first kappa shape index (κ1) is 21.0. The summed E-state index contributed by atoms with van der Waals surface area (Å²) >= 11 is 6.41. The number of halogens is 4. The second-order valence-electron chi connectivity index (χ2n) is 8.21. The highest BCUT2D eigenvalue weighted by molar-refractivity contribution is 6.33. The Morgan fingerprint density at radius 1 is 1.37 bits per heavy atom. The first-order valence-corrected chi connectivity index (χ1v) is 10.4. The summed E-state index contributed by atoms with van der Waals surface area (Å²) in [6, 6.07) is 3.14. The van der Waals surface area contributed by atoms with Crippen LogP contribution in [-0.4, -0.2) is 34.3 Å². The van der Waals surface area contributed by atoms with Crippen LogP contribution in [-0.2, 0) is 6.54 Å². The molecular formula is C21H23ClF3N3O2. The van der Waals surface area contributed by atoms with Crippen molar-refractivity contribution >= 4 is 17.5 Å². The van der Waals surface area contributed by atoms with Crippen LogP contribution in [0.4, 0.5) is 13.2 Å². The summed E-state index contributed by atoms with van der Waals surface area (Å²) in [5.41, 5.74) is 1.91. The molecule has 2 heterocycles. The maximum Gasteiger partial charge on any atom is 0.389 e. The molecule has 1 saturated carbocycles. The van der Waals surface area contributed by atoms with Gasteiger partial charge in [-0.25, -0.2) is 4.98 Å². The number of alkyl halides is 3. The number of rotatable bonds is 3. The predicted octanol–water partition coefficient (Wildman–Crippen LogP) is 5.08. The molecule has 3 unspecified atom stereocenters. The van der Waals surface area contributed by atoms with Gasteiger partial charge in [-0.3, -0.25) is 4.79 Å². The van der Waals surface area contributed by atoms with Crippen LogP contribution < -0.4 is 10.1 Å². The van der Waals surface area contributed by atoms with Crippen LogP contribution in [0.1, 0.15) is 43.0 Å². The summed E-state index contributed by atoms with van der Waals surface area (Å²) in [4.78, 5) is 17.1. The standard InChI is InChI=1S/C21H23ClF3N3O2/c1-12-6-13(9-21(23,24)25)2-3-17(12)27-20(29)14-7-15-18-10-26-11-28(18)4-5-30-19(15)16(22)8-14/h7-8,10-13,17H,2-6,9H2,1H3,(H,27,29). The van der Waals surface area contributed by atoms with E-state index in [0.29, 0.717) is 54.3 Å². The normalized spacial score (nSPS) is 23.7. The molecule has 0 radical (unpaired) electrons. The van der Waals surface area contributed by atoms with Gasteiger partial charge in [0.25, 0.3) is 5.91 Å². The molecule has 0 bridgehead atoms. The quantitative estimate of drug-likeness (QED) is 0.722. The first-order valence-electron chi connectivity index (χ1n) is 10.1. The van der Waals surface area contributed by atoms with E-state index >= 15 is 0 Å². The van der Waals surface area contributed by atoms with Gasteiger partial charge in [-0.15, -0.1) is 0 Å². The number of nitrogens with zero attached hydrogens (tertiary/aromatic N) is 2. The van der Waals surface area contributed by atoms with Gasteiger partial charge in [0.1, 0.15) is 12.4 Å². The fourth-order valence-electron chi connectivity index (χ4n) is 4.52. The number of amides is 1. The van der Waals surface area contributed by atoms with Crippen molar-refractivity contribution in [3.05, 3.63) is 35.2 Å². The lowest BCUT2D eigenvalue weighted by molar-refractivity contribution is -0.147. The highest BCUT2D eigenvalue weighted by atomic mass is 35.5. The number of hydrogen-bond donors (Lipinski definition) is 1. The zero-order valence-electron chi connectivity index (χ0n) is 16.5. The zero-order chi connectivity index (χ0) is 21.5. The third-order valence-electron chi connectivity index (χ3n) is 5.99. The van der Waals surface area contributed by atoms with Crippen molar-refractivity contribution < 1.29 is 22.7 Å². The van der Waals surface area contributed by atoms with Gasteiger partial charge in [0.05, 0.1) is 29.8 Å². The van der Waals surface area contributed by atoms with E-state index in [0.717, 1.165) is 5.69 Å². The van der Waals surface area contributed by atoms with E-state index in [9.17, 15) is 18.0 Å². The molecule has 1 amide bonds. The van der Waals surface area contributed by atoms with E-state index < -0.39 is 12.6 Å². The van der Waals surface area contributed by atoms with Crippen LogP contribution in [0.5, 0.6) is 5.75 Å². The average molecular weight is 442 g/mol. The molecule has 1 N–H and O–H groups in total. The number of hydrogen-bond acceptors (Lipinski definition) is 3. The van der Waals surface area contributed by atoms with Crippen molar-refractivity contribution in [2.45, 2.75) is 51.4 Å². The van der Waals surface area contributed by atoms with Crippen molar-refractivity contribution in [2.75, 3.05) is 6.61 Å². The molecule has 0 saturated heterocycles. The molecule has 5 nitrogen and oxygen atoms in total. The summed E-state index contributed by atoms with van der Waals surface area (Å²) in [5, 5.41) is 3.34. The topological polar surface area (TPSA) is 56.2 Å². The Morgan fingerprint density at radius 2 is 2.17 bits per heavy atom. The number of benzene rings is 1. The molecule has 2 aromatic rings. The molecule has 1 aliphatic heterocycles. The van der Waals surface area contributed by atoms with Gasteiger partial charge in [-0.2, -0.15) is 13.2 Å². The van der Waals surface area contributed by atoms with Crippen molar-refractivity contribution in [1.82, 2.24) is 14.9 Å². The molecular weight excluding hydrogens is 419 g/mol. The molecule has 1 aromatic carbocycles. The molecule has 4 rings (SSSR count). The van der Waals surface area contributed by atoms with Crippen LogP contribution in [0, 0.1) is 11.8 Å². The molecule has 1 aliphatic carbocycles. The second kappa shape index (κ2) is 8.13. The lowest BCUT2D eigenvalue weighted by Gasteiger charge is -2.35. The maximum atomic E-state index is 12.9. The number of carbonyl (C=O) groups is 1. The summed E-state index contributed by atoms with van der Waals surface area (Å²) in [6.45, 7) is 2.96. The molecule has 2 aliphatic rings. The lowest BCUT2D eigenvalue weighted by atomic mass is 9.77. The van der Waals surface area contributed by atoms with Crippen molar-refractivity contribution in [3.8, 4) is 17.0 Å². The number of nitrogens with one attached hydrogen (secondary N) is 1. The highest BCUT2D eigenvalue weighted by Crippen LogP contribution is 2.40. The first-order chi connectivity index (χ1) is 14.2. The average Bonchev–Trinajstić information content (AvgIpc) is 3.05. The Hall–Kier alpha value is -2.22. The Morgan fingerprint density at radius 3 is 2.90 bits per heavy atom. The van der Waals surface area contributed by atoms with Crippen LogP contribution >= 0.6 is 11.6 Å². The Labute approximate surface area is 177 Å². The highest BCUT2D eigenvalue weighted by Gasteiger charge is 2.36. The summed E-state index contributed by atoms with van der Waals surface area (Å²) in [7, 11) is 0. The largest absolute Gasteiger partial charge is 0.489 e. The van der Waals surface area contributed by atoms with E-state index in [2.05, 4.69) is 10.3 Å². The number of fused-ring (bicyclic) bond motifs is 3. The number of carbonyl (C=O) groups excluding carboxylic acids is 1. The number of imidazole rings is 1. The fraction of sp³-hybridized carbons (Fsp3) is 0.524. The zero-order valence-corrected chi connectivity index (χ0v) is 17.3. The minimum Gasteiger partial charge on any atom is -0.489 e. The summed E-state index contributed by atoms with van der Waals surface area (Å²) in [6.07, 6.45) is -0.0672. The second-order valence-corrected chi connectivity index (χ2v) is 8.62. The van der Waals surface area contributed by atoms with Gasteiger partial charge in [0, 0.05) is 23.6 Å². The molecule has 3 atom stereocenters. The molecule has 1 aromatic heterocycles. The Balaban J connectivity index is 1.50. The predicted molar refractivity (Wildman–Crippen MR) is 107 cm³/mol. The SMILES string of the molecule is CC1CC(CC(F)(F)F)CCC1NC(=O)c1cc(Cl)c2c(c1)-c1cncn1CCO2. The van der Waals surface area contributed by atoms with E-state index in [-0.39, 0.29) is 23.8 Å². The van der Waals surface area contributed by atoms with E-state index in [1.54, 1.807) is 24.7 Å². The third-order valence-corrected chi connectivity index (χ3v) is 6.27. The minimum absolute atomic E-state index is 0.0314. The molecule has 1 fully saturated rings. The molecule has 30 heavy (non-hydrogen) atoms. The van der Waals surface area contributed by atoms with Crippen molar-refractivity contribution in [2.24, 2.45) is 11.8 Å². The van der Waals surface area contributed by atoms with Crippen LogP contribution in [0.3, 0.4) is 0 Å². The van der Waals surface area contributed by atoms with Gasteiger partial charge in [-0.05, 0) is 43.2 Å². The van der Waals surface area contributed by atoms with Crippen molar-refractivity contribution in [3.63, 3.8) is 0 Å². The van der Waals surface area contributed by atoms with Gasteiger partial charge in [0.15, 0.2) is 0 Å². The van der Waals surface area contributed by atoms with Gasteiger partial charge in [0.2, 0.25) is 0 Å². The maximum absolute atomic E-state index is 12.9. The third kappa shape index (κ3) is 4.43. The lowest BCUT2D eigenvalue weighted by Crippen LogP contribution is -2.43. The summed E-state index contributed by atoms with van der Waals surface area (Å²) < 4.78 is 45.8. The monoisotopic (exact) mass is 441 g/mol. The number of ether oxygens (including phenoxy) is 1. The van der Waals surface area contributed by atoms with Crippen LogP contribution in [0.15, 0.2) is 24.7 Å². The Kier molecular flexibility index (Phi) is 5.70. The summed E-state index contributed by atoms with van der Waals surface area (Å²) in [5.74, 6) is -0.182. The smallest absolute Gasteiger partial charge is 0.389 e. The van der Waals surface area contributed by atoms with E-state index in [1.165, 1.54) is 0 Å². The van der Waals surface area contributed by atoms with Crippen molar-refractivity contribution in [1.29, 1.82) is 0 Å². The molecule has 9 heteroatoms. The van der Waals surface area contributed by atoms with E-state index in [1.807, 2.05) is 11.5 Å². The molecule has 162 valence electrons. The fourth-order valence-corrected chi connectivity index (χ4v) is 4.79. The van der Waals surface area contributed by atoms with Crippen LogP contribution in [0.2, 0.25) is 5.02 Å². The van der Waals surface area contributed by atoms with Gasteiger partial charge < -0.3 is 14.6 Å². The number of aromatic nitrogens is 2. The van der Waals surface area contributed by atoms with E-state index in [4.69, 9.17) is 16.3 Å². The van der Waals surface area contributed by atoms with Crippen LogP contribution in [0.25, 0.3) is 11.3 Å². The molecule has 0 spiro atoms. The minimum atomic E-state index is -4.15. The Bertz CT molecular complexity index is 944. The van der Waals surface area contributed by atoms with Gasteiger partial charge in [-0.1, -0.05) is 18.5 Å².